The van der Waals surface area contributed by atoms with Crippen LogP contribution in [0.2, 0.25) is 0 Å². The van der Waals surface area contributed by atoms with E-state index in [4.69, 9.17) is 5.26 Å². The minimum Gasteiger partial charge on any atom is -0.244 e. The van der Waals surface area contributed by atoms with Crippen LogP contribution < -0.4 is 16.4 Å². The molecule has 0 spiro atoms. The van der Waals surface area contributed by atoms with Crippen LogP contribution in [0.3, 0.4) is 0 Å². The molecular formula is C7H8N6. The molecule has 66 valence electrons. The second kappa shape index (κ2) is 3.45. The summed E-state index contributed by atoms with van der Waals surface area (Å²) >= 11 is 0. The topological polar surface area (TPSA) is 85.7 Å². The van der Waals surface area contributed by atoms with E-state index in [-0.39, 0.29) is 12.1 Å². The molecule has 1 saturated heterocycles. The molecule has 6 nitrogen and oxygen atoms in total. The fourth-order valence-electron chi connectivity index (χ4n) is 1.22. The number of rotatable bonds is 1. The van der Waals surface area contributed by atoms with Crippen molar-refractivity contribution in [2.75, 3.05) is 0 Å². The van der Waals surface area contributed by atoms with Crippen molar-refractivity contribution in [1.29, 1.82) is 5.26 Å². The van der Waals surface area contributed by atoms with E-state index in [2.05, 4.69) is 32.4 Å². The second-order valence-electron chi connectivity index (χ2n) is 2.67. The van der Waals surface area contributed by atoms with Crippen molar-refractivity contribution < 1.29 is 0 Å². The first-order valence-electron chi connectivity index (χ1n) is 3.82. The van der Waals surface area contributed by atoms with Gasteiger partial charge in [-0.05, 0) is 0 Å². The predicted octanol–water partition coefficient (Wildman–Crippen LogP) is -0.978. The molecule has 2 heterocycles. The molecule has 1 aromatic heterocycles. The van der Waals surface area contributed by atoms with Gasteiger partial charge in [0, 0.05) is 18.0 Å². The van der Waals surface area contributed by atoms with Gasteiger partial charge in [-0.1, -0.05) is 0 Å². The van der Waals surface area contributed by atoms with Crippen LogP contribution in [-0.4, -0.2) is 16.0 Å². The number of nitrogens with one attached hydrogen (secondary N) is 3. The van der Waals surface area contributed by atoms with Gasteiger partial charge in [-0.25, -0.2) is 20.8 Å². The molecule has 0 saturated carbocycles. The fraction of sp³-hybridized carbons (Fsp3) is 0.286. The van der Waals surface area contributed by atoms with Crippen molar-refractivity contribution in [1.82, 2.24) is 26.4 Å². The number of nitrogens with zero attached hydrogens (tertiary/aromatic N) is 3. The first kappa shape index (κ1) is 8.07. The van der Waals surface area contributed by atoms with Crippen molar-refractivity contribution in [2.45, 2.75) is 12.1 Å². The zero-order valence-corrected chi connectivity index (χ0v) is 6.73. The molecule has 1 aliphatic rings. The third kappa shape index (κ3) is 1.48. The number of hydrazine groups is 2. The average molecular weight is 176 g/mol. The summed E-state index contributed by atoms with van der Waals surface area (Å²) in [5, 5.41) is 8.76. The average Bonchev–Trinajstić information content (AvgIpc) is 2.67. The molecule has 6 heteroatoms. The summed E-state index contributed by atoms with van der Waals surface area (Å²) < 4.78 is 0. The second-order valence-corrected chi connectivity index (χ2v) is 2.67. The SMILES string of the molecule is N#CC1NNNC1c1cncnc1. The van der Waals surface area contributed by atoms with Gasteiger partial charge in [-0.3, -0.25) is 0 Å². The Morgan fingerprint density at radius 1 is 1.31 bits per heavy atom. The van der Waals surface area contributed by atoms with E-state index in [0.29, 0.717) is 0 Å². The molecule has 0 aliphatic carbocycles. The third-order valence-corrected chi connectivity index (χ3v) is 1.87. The molecule has 0 bridgehead atoms. The summed E-state index contributed by atoms with van der Waals surface area (Å²) in [6.45, 7) is 0. The molecular weight excluding hydrogens is 168 g/mol. The number of hydrogen-bond donors (Lipinski definition) is 3. The highest BCUT2D eigenvalue weighted by Gasteiger charge is 2.27. The van der Waals surface area contributed by atoms with Gasteiger partial charge in [0.1, 0.15) is 12.4 Å². The van der Waals surface area contributed by atoms with Crippen LogP contribution in [0.15, 0.2) is 18.7 Å². The molecule has 1 fully saturated rings. The Morgan fingerprint density at radius 2 is 2.08 bits per heavy atom. The lowest BCUT2D eigenvalue weighted by atomic mass is 10.1. The lowest BCUT2D eigenvalue weighted by Gasteiger charge is -2.09. The first-order chi connectivity index (χ1) is 6.42. The maximum Gasteiger partial charge on any atom is 0.130 e. The molecule has 1 aliphatic heterocycles. The monoisotopic (exact) mass is 176 g/mol. The Balaban J connectivity index is 2.22. The summed E-state index contributed by atoms with van der Waals surface area (Å²) in [6, 6.07) is 1.72. The van der Waals surface area contributed by atoms with Gasteiger partial charge in [0.2, 0.25) is 0 Å². The lowest BCUT2D eigenvalue weighted by molar-refractivity contribution is 0.554. The molecule has 0 amide bonds. The summed E-state index contributed by atoms with van der Waals surface area (Å²) in [6.07, 6.45) is 4.83. The maximum absolute atomic E-state index is 8.76. The van der Waals surface area contributed by atoms with Gasteiger partial charge in [0.15, 0.2) is 0 Å². The predicted molar refractivity (Wildman–Crippen MR) is 43.6 cm³/mol. The summed E-state index contributed by atoms with van der Waals surface area (Å²) in [5.41, 5.74) is 9.26. The van der Waals surface area contributed by atoms with E-state index in [0.717, 1.165) is 5.56 Å². The van der Waals surface area contributed by atoms with Crippen LogP contribution in [0.5, 0.6) is 0 Å². The van der Waals surface area contributed by atoms with Crippen molar-refractivity contribution in [3.8, 4) is 6.07 Å². The van der Waals surface area contributed by atoms with Crippen LogP contribution in [0.25, 0.3) is 0 Å². The highest BCUT2D eigenvalue weighted by Crippen LogP contribution is 2.15. The number of aromatic nitrogens is 2. The highest BCUT2D eigenvalue weighted by molar-refractivity contribution is 5.17. The zero-order chi connectivity index (χ0) is 9.10. The summed E-state index contributed by atoms with van der Waals surface area (Å²) in [4.78, 5) is 7.76. The highest BCUT2D eigenvalue weighted by atomic mass is 15.7. The summed E-state index contributed by atoms with van der Waals surface area (Å²) in [5.74, 6) is 0. The van der Waals surface area contributed by atoms with Crippen molar-refractivity contribution >= 4 is 0 Å². The standard InChI is InChI=1S/C7H8N6/c8-1-6-7(12-13-11-6)5-2-9-4-10-3-5/h2-4,6-7,11-13H. The van der Waals surface area contributed by atoms with E-state index in [9.17, 15) is 0 Å². The molecule has 13 heavy (non-hydrogen) atoms. The zero-order valence-electron chi connectivity index (χ0n) is 6.73. The lowest BCUT2D eigenvalue weighted by Crippen LogP contribution is -2.32. The molecule has 2 rings (SSSR count). The van der Waals surface area contributed by atoms with Gasteiger partial charge in [-0.2, -0.15) is 10.8 Å². The molecule has 3 N–H and O–H groups in total. The van der Waals surface area contributed by atoms with E-state index < -0.39 is 0 Å². The molecule has 2 atom stereocenters. The maximum atomic E-state index is 8.76. The van der Waals surface area contributed by atoms with Crippen LogP contribution in [-0.2, 0) is 0 Å². The molecule has 0 radical (unpaired) electrons. The quantitative estimate of drug-likeness (QED) is 0.510. The van der Waals surface area contributed by atoms with Gasteiger partial charge >= 0.3 is 0 Å². The Kier molecular flexibility index (Phi) is 2.14. The van der Waals surface area contributed by atoms with Crippen LogP contribution >= 0.6 is 0 Å². The molecule has 0 aromatic carbocycles. The van der Waals surface area contributed by atoms with E-state index >= 15 is 0 Å². The Hall–Kier alpha value is -1.55. The Morgan fingerprint density at radius 3 is 2.77 bits per heavy atom. The van der Waals surface area contributed by atoms with Crippen LogP contribution in [0, 0.1) is 11.3 Å². The van der Waals surface area contributed by atoms with Crippen molar-refractivity contribution in [3.63, 3.8) is 0 Å². The minimum absolute atomic E-state index is 0.105. The number of hydrogen-bond acceptors (Lipinski definition) is 6. The van der Waals surface area contributed by atoms with E-state index in [1.54, 1.807) is 12.4 Å². The third-order valence-electron chi connectivity index (χ3n) is 1.87. The minimum atomic E-state index is -0.300. The first-order valence-corrected chi connectivity index (χ1v) is 3.82. The van der Waals surface area contributed by atoms with Gasteiger partial charge in [0.25, 0.3) is 0 Å². The van der Waals surface area contributed by atoms with E-state index in [1.807, 2.05) is 0 Å². The smallest absolute Gasteiger partial charge is 0.130 e. The number of nitriles is 1. The fourth-order valence-corrected chi connectivity index (χ4v) is 1.22. The van der Waals surface area contributed by atoms with Gasteiger partial charge in [0.05, 0.1) is 12.1 Å². The van der Waals surface area contributed by atoms with Crippen molar-refractivity contribution in [2.24, 2.45) is 0 Å². The largest absolute Gasteiger partial charge is 0.244 e. The molecule has 2 unspecified atom stereocenters. The summed E-state index contributed by atoms with van der Waals surface area (Å²) in [7, 11) is 0. The van der Waals surface area contributed by atoms with Gasteiger partial charge < -0.3 is 0 Å². The molecule has 1 aromatic rings. The Labute approximate surface area is 74.9 Å². The van der Waals surface area contributed by atoms with E-state index in [1.165, 1.54) is 6.33 Å². The van der Waals surface area contributed by atoms with Crippen LogP contribution in [0.4, 0.5) is 0 Å². The van der Waals surface area contributed by atoms with Gasteiger partial charge in [-0.15, -0.1) is 0 Å². The Bertz CT molecular complexity index is 318. The van der Waals surface area contributed by atoms with Crippen molar-refractivity contribution in [3.05, 3.63) is 24.3 Å². The van der Waals surface area contributed by atoms with Crippen LogP contribution in [0.1, 0.15) is 11.6 Å². The normalized spacial score (nSPS) is 27.0.